The van der Waals surface area contributed by atoms with Gasteiger partial charge in [-0.2, -0.15) is 0 Å². The van der Waals surface area contributed by atoms with E-state index in [0.29, 0.717) is 18.2 Å². The largest absolute Gasteiger partial charge is 0.472 e. The van der Waals surface area contributed by atoms with Gasteiger partial charge in [-0.1, -0.05) is 26.0 Å². The zero-order chi connectivity index (χ0) is 20.1. The number of benzene rings is 2. The summed E-state index contributed by atoms with van der Waals surface area (Å²) in [4.78, 5) is 14.6. The molecule has 3 aromatic rings. The van der Waals surface area contributed by atoms with E-state index in [1.807, 2.05) is 6.92 Å². The van der Waals surface area contributed by atoms with Gasteiger partial charge in [-0.15, -0.1) is 0 Å². The minimum Gasteiger partial charge on any atom is -0.472 e. The number of nitrogens with zero attached hydrogens (tertiary/aromatic N) is 1. The lowest BCUT2D eigenvalue weighted by atomic mass is 9.97. The van der Waals surface area contributed by atoms with Crippen LogP contribution >= 0.6 is 0 Å². The van der Waals surface area contributed by atoms with Crippen LogP contribution in [-0.2, 0) is 19.4 Å². The lowest BCUT2D eigenvalue weighted by molar-refractivity contribution is 0.287. The molecule has 0 spiro atoms. The van der Waals surface area contributed by atoms with Crippen molar-refractivity contribution < 1.29 is 9.15 Å². The molecule has 1 unspecified atom stereocenters. The van der Waals surface area contributed by atoms with Gasteiger partial charge < -0.3 is 14.1 Å². The molecule has 150 valence electrons. The predicted molar refractivity (Wildman–Crippen MR) is 116 cm³/mol. The van der Waals surface area contributed by atoms with E-state index >= 15 is 0 Å². The van der Waals surface area contributed by atoms with Crippen molar-refractivity contribution in [2.45, 2.75) is 58.9 Å². The third-order valence-corrected chi connectivity index (χ3v) is 6.69. The second-order valence-electron chi connectivity index (χ2n) is 8.44. The molecule has 1 aliphatic carbocycles. The Morgan fingerprint density at radius 3 is 2.66 bits per heavy atom. The van der Waals surface area contributed by atoms with E-state index in [-0.39, 0.29) is 5.63 Å². The van der Waals surface area contributed by atoms with Gasteiger partial charge in [0.2, 0.25) is 0 Å². The van der Waals surface area contributed by atoms with E-state index in [9.17, 15) is 4.79 Å². The molecule has 0 N–H and O–H groups in total. The maximum absolute atomic E-state index is 12.4. The lowest BCUT2D eigenvalue weighted by Gasteiger charge is -2.32. The quantitative estimate of drug-likeness (QED) is 0.558. The molecule has 1 atom stereocenters. The molecule has 0 bridgehead atoms. The van der Waals surface area contributed by atoms with Gasteiger partial charge in [0, 0.05) is 34.3 Å². The van der Waals surface area contributed by atoms with Crippen LogP contribution in [0.15, 0.2) is 39.5 Å². The van der Waals surface area contributed by atoms with Crippen LogP contribution < -0.4 is 15.3 Å². The fraction of sp³-hybridized carbons (Fsp3) is 0.400. The molecule has 0 saturated heterocycles. The maximum atomic E-state index is 12.4. The number of hydrogen-bond donors (Lipinski definition) is 0. The van der Waals surface area contributed by atoms with Crippen molar-refractivity contribution in [3.05, 3.63) is 68.6 Å². The van der Waals surface area contributed by atoms with Crippen LogP contribution in [-0.4, -0.2) is 6.73 Å². The topological polar surface area (TPSA) is 42.7 Å². The molecule has 1 aromatic heterocycles. The van der Waals surface area contributed by atoms with Crippen LogP contribution in [0.4, 0.5) is 5.69 Å². The first-order valence-electron chi connectivity index (χ1n) is 10.7. The van der Waals surface area contributed by atoms with Crippen molar-refractivity contribution in [2.75, 3.05) is 11.6 Å². The molecule has 0 amide bonds. The van der Waals surface area contributed by atoms with Gasteiger partial charge in [-0.25, -0.2) is 4.79 Å². The molecule has 0 fully saturated rings. The summed E-state index contributed by atoms with van der Waals surface area (Å²) in [6.45, 7) is 7.78. The normalized spacial score (nSPS) is 16.4. The molecule has 2 aromatic carbocycles. The first-order chi connectivity index (χ1) is 14.1. The van der Waals surface area contributed by atoms with Gasteiger partial charge in [0.05, 0.1) is 0 Å². The number of hydrogen-bond acceptors (Lipinski definition) is 4. The lowest BCUT2D eigenvalue weighted by Crippen LogP contribution is -2.32. The number of ether oxygens (including phenoxy) is 1. The van der Waals surface area contributed by atoms with Crippen LogP contribution in [0.25, 0.3) is 11.0 Å². The Bertz CT molecular complexity index is 1140. The second-order valence-corrected chi connectivity index (χ2v) is 8.44. The van der Waals surface area contributed by atoms with Crippen molar-refractivity contribution in [2.24, 2.45) is 0 Å². The van der Waals surface area contributed by atoms with E-state index in [1.165, 1.54) is 16.8 Å². The number of anilines is 1. The Kier molecular flexibility index (Phi) is 4.38. The number of fused-ring (bicyclic) bond motifs is 4. The van der Waals surface area contributed by atoms with Crippen LogP contribution in [0.5, 0.6) is 5.75 Å². The predicted octanol–water partition coefficient (Wildman–Crippen LogP) is 5.46. The second kappa shape index (κ2) is 6.94. The van der Waals surface area contributed by atoms with Gasteiger partial charge in [-0.3, -0.25) is 0 Å². The first kappa shape index (κ1) is 18.3. The average molecular weight is 389 g/mol. The van der Waals surface area contributed by atoms with E-state index in [1.54, 1.807) is 0 Å². The SMILES string of the molecule is CCC(C)c1ccc(N2COc3c(cc4c5c(c(=O)oc4c3C)CCC5)C2)cc1. The molecule has 0 radical (unpaired) electrons. The van der Waals surface area contributed by atoms with Crippen molar-refractivity contribution in [1.29, 1.82) is 0 Å². The average Bonchev–Trinajstić information content (AvgIpc) is 3.25. The standard InChI is InChI=1S/C25H27NO3/c1-4-15(2)17-8-10-19(11-9-17)26-13-18-12-22-20-6-5-7-21(20)25(27)29-24(22)16(3)23(18)28-14-26/h8-12,15H,4-7,13-14H2,1-3H3. The molecule has 2 aliphatic rings. The number of aryl methyl sites for hydroxylation is 2. The Morgan fingerprint density at radius 2 is 1.90 bits per heavy atom. The highest BCUT2D eigenvalue weighted by atomic mass is 16.5. The van der Waals surface area contributed by atoms with Crippen molar-refractivity contribution in [3.8, 4) is 5.75 Å². The summed E-state index contributed by atoms with van der Waals surface area (Å²) in [5, 5.41) is 1.09. The highest BCUT2D eigenvalue weighted by Gasteiger charge is 2.26. The molecule has 4 nitrogen and oxygen atoms in total. The van der Waals surface area contributed by atoms with Crippen LogP contribution in [0.3, 0.4) is 0 Å². The molecular weight excluding hydrogens is 362 g/mol. The fourth-order valence-electron chi connectivity index (χ4n) is 4.75. The molecular formula is C25H27NO3. The minimum atomic E-state index is -0.174. The number of rotatable bonds is 3. The summed E-state index contributed by atoms with van der Waals surface area (Å²) in [6.07, 6.45) is 3.96. The van der Waals surface area contributed by atoms with E-state index < -0.39 is 0 Å². The molecule has 2 heterocycles. The summed E-state index contributed by atoms with van der Waals surface area (Å²) in [7, 11) is 0. The van der Waals surface area contributed by atoms with E-state index in [4.69, 9.17) is 9.15 Å². The summed E-state index contributed by atoms with van der Waals surface area (Å²) in [5.41, 5.74) is 7.22. The highest BCUT2D eigenvalue weighted by molar-refractivity contribution is 5.87. The summed E-state index contributed by atoms with van der Waals surface area (Å²) >= 11 is 0. The molecule has 4 heteroatoms. The smallest absolute Gasteiger partial charge is 0.339 e. The summed E-state index contributed by atoms with van der Waals surface area (Å²) < 4.78 is 11.9. The van der Waals surface area contributed by atoms with Crippen molar-refractivity contribution in [1.82, 2.24) is 0 Å². The third kappa shape index (κ3) is 2.93. The monoisotopic (exact) mass is 389 g/mol. The molecule has 29 heavy (non-hydrogen) atoms. The third-order valence-electron chi connectivity index (χ3n) is 6.69. The van der Waals surface area contributed by atoms with Gasteiger partial charge in [0.1, 0.15) is 11.3 Å². The van der Waals surface area contributed by atoms with Crippen molar-refractivity contribution in [3.63, 3.8) is 0 Å². The Hall–Kier alpha value is -2.75. The molecule has 5 rings (SSSR count). The van der Waals surface area contributed by atoms with Gasteiger partial charge in [0.25, 0.3) is 0 Å². The first-order valence-corrected chi connectivity index (χ1v) is 10.7. The van der Waals surface area contributed by atoms with Gasteiger partial charge in [0.15, 0.2) is 6.73 Å². The Balaban J connectivity index is 1.53. The van der Waals surface area contributed by atoms with Crippen LogP contribution in [0.2, 0.25) is 0 Å². The van der Waals surface area contributed by atoms with Gasteiger partial charge >= 0.3 is 5.63 Å². The molecule has 1 aliphatic heterocycles. The minimum absolute atomic E-state index is 0.174. The van der Waals surface area contributed by atoms with Crippen LogP contribution in [0, 0.1) is 6.92 Å². The Morgan fingerprint density at radius 1 is 1.14 bits per heavy atom. The summed E-state index contributed by atoms with van der Waals surface area (Å²) in [5.74, 6) is 1.44. The highest BCUT2D eigenvalue weighted by Crippen LogP contribution is 2.39. The van der Waals surface area contributed by atoms with E-state index in [0.717, 1.165) is 60.1 Å². The van der Waals surface area contributed by atoms with E-state index in [2.05, 4.69) is 49.1 Å². The Labute approximate surface area is 171 Å². The zero-order valence-electron chi connectivity index (χ0n) is 17.4. The van der Waals surface area contributed by atoms with Gasteiger partial charge in [-0.05, 0) is 67.9 Å². The maximum Gasteiger partial charge on any atom is 0.339 e. The summed E-state index contributed by atoms with van der Waals surface area (Å²) in [6, 6.07) is 11.0. The zero-order valence-corrected chi connectivity index (χ0v) is 17.4. The van der Waals surface area contributed by atoms with Crippen LogP contribution in [0.1, 0.15) is 60.4 Å². The van der Waals surface area contributed by atoms with Crippen molar-refractivity contribution >= 4 is 16.7 Å². The fourth-order valence-corrected chi connectivity index (χ4v) is 4.75. The molecule has 0 saturated carbocycles.